The zero-order chi connectivity index (χ0) is 11.7. The van der Waals surface area contributed by atoms with Gasteiger partial charge in [0.05, 0.1) is 5.75 Å². The van der Waals surface area contributed by atoms with Crippen LogP contribution in [0, 0.1) is 5.92 Å². The summed E-state index contributed by atoms with van der Waals surface area (Å²) in [4.78, 5) is 0. The minimum atomic E-state index is -3.81. The van der Waals surface area contributed by atoms with Crippen molar-refractivity contribution in [2.45, 2.75) is 26.2 Å². The summed E-state index contributed by atoms with van der Waals surface area (Å²) >= 11 is 0. The molecule has 1 unspecified atom stereocenters. The topological polar surface area (TPSA) is 86.6 Å². The van der Waals surface area contributed by atoms with Crippen LogP contribution >= 0.6 is 0 Å². The van der Waals surface area contributed by atoms with Gasteiger partial charge in [-0.25, -0.2) is 0 Å². The van der Waals surface area contributed by atoms with Crippen molar-refractivity contribution in [3.63, 3.8) is 0 Å². The molecule has 1 atom stereocenters. The second-order valence-electron chi connectivity index (χ2n) is 3.80. The van der Waals surface area contributed by atoms with Gasteiger partial charge in [-0.1, -0.05) is 6.92 Å². The molecule has 0 spiro atoms. The quantitative estimate of drug-likeness (QED) is 0.397. The molecule has 0 amide bonds. The summed E-state index contributed by atoms with van der Waals surface area (Å²) < 4.78 is 29.2. The number of hydrogen-bond donors (Lipinski definition) is 3. The highest BCUT2D eigenvalue weighted by Gasteiger charge is 2.03. The highest BCUT2D eigenvalue weighted by molar-refractivity contribution is 7.85. The van der Waals surface area contributed by atoms with Crippen molar-refractivity contribution >= 4 is 10.1 Å². The smallest absolute Gasteiger partial charge is 0.264 e. The van der Waals surface area contributed by atoms with E-state index in [4.69, 9.17) is 9.66 Å². The van der Waals surface area contributed by atoms with Gasteiger partial charge in [0.25, 0.3) is 10.1 Å². The van der Waals surface area contributed by atoms with Gasteiger partial charge in [0, 0.05) is 6.61 Å². The summed E-state index contributed by atoms with van der Waals surface area (Å²) in [6, 6.07) is 0. The third kappa shape index (κ3) is 11.8. The second kappa shape index (κ2) is 8.04. The zero-order valence-electron chi connectivity index (χ0n) is 9.15. The average molecular weight is 239 g/mol. The van der Waals surface area contributed by atoms with Crippen molar-refractivity contribution in [1.29, 1.82) is 0 Å². The highest BCUT2D eigenvalue weighted by atomic mass is 32.2. The van der Waals surface area contributed by atoms with Crippen molar-refractivity contribution in [2.24, 2.45) is 5.92 Å². The van der Waals surface area contributed by atoms with Crippen LogP contribution in [0.1, 0.15) is 26.2 Å². The van der Waals surface area contributed by atoms with E-state index in [9.17, 15) is 8.42 Å². The molecule has 6 heteroatoms. The monoisotopic (exact) mass is 239 g/mol. The lowest BCUT2D eigenvalue weighted by Gasteiger charge is -2.09. The van der Waals surface area contributed by atoms with E-state index in [0.29, 0.717) is 18.9 Å². The molecule has 92 valence electrons. The van der Waals surface area contributed by atoms with Crippen molar-refractivity contribution in [2.75, 3.05) is 25.4 Å². The van der Waals surface area contributed by atoms with E-state index >= 15 is 0 Å². The van der Waals surface area contributed by atoms with Gasteiger partial charge in [-0.05, 0) is 38.3 Å². The SMILES string of the molecule is CC(CCO)CCNCCCS(=O)(=O)O. The first kappa shape index (κ1) is 14.8. The Morgan fingerprint density at radius 2 is 1.93 bits per heavy atom. The van der Waals surface area contributed by atoms with Gasteiger partial charge in [-0.2, -0.15) is 8.42 Å². The molecule has 0 aromatic rings. The Morgan fingerprint density at radius 3 is 2.47 bits per heavy atom. The summed E-state index contributed by atoms with van der Waals surface area (Å²) in [6.07, 6.45) is 2.19. The van der Waals surface area contributed by atoms with Gasteiger partial charge in [0.15, 0.2) is 0 Å². The maximum absolute atomic E-state index is 10.4. The maximum atomic E-state index is 10.4. The van der Waals surface area contributed by atoms with Gasteiger partial charge in [0.2, 0.25) is 0 Å². The summed E-state index contributed by atoms with van der Waals surface area (Å²) in [7, 11) is -3.81. The van der Waals surface area contributed by atoms with Crippen LogP contribution < -0.4 is 5.32 Å². The molecule has 0 heterocycles. The highest BCUT2D eigenvalue weighted by Crippen LogP contribution is 2.04. The Bertz CT molecular complexity index is 240. The molecule has 5 nitrogen and oxygen atoms in total. The van der Waals surface area contributed by atoms with Crippen LogP contribution in [0.2, 0.25) is 0 Å². The molecule has 0 aliphatic heterocycles. The molecule has 0 aromatic carbocycles. The number of hydrogen-bond acceptors (Lipinski definition) is 4. The van der Waals surface area contributed by atoms with E-state index in [-0.39, 0.29) is 12.4 Å². The van der Waals surface area contributed by atoms with Gasteiger partial charge >= 0.3 is 0 Å². The van der Waals surface area contributed by atoms with Crippen molar-refractivity contribution in [3.8, 4) is 0 Å². The number of nitrogens with one attached hydrogen (secondary N) is 1. The Hall–Kier alpha value is -0.170. The molecule has 0 bridgehead atoms. The molecule has 0 fully saturated rings. The molecule has 0 saturated heterocycles. The molecule has 0 aromatic heterocycles. The van der Waals surface area contributed by atoms with Crippen molar-refractivity contribution < 1.29 is 18.1 Å². The van der Waals surface area contributed by atoms with Gasteiger partial charge < -0.3 is 10.4 Å². The Kier molecular flexibility index (Phi) is 7.95. The molecule has 3 N–H and O–H groups in total. The van der Waals surface area contributed by atoms with Crippen LogP contribution in [-0.4, -0.2) is 43.5 Å². The fraction of sp³-hybridized carbons (Fsp3) is 1.00. The maximum Gasteiger partial charge on any atom is 0.264 e. The molecule has 0 aliphatic carbocycles. The minimum Gasteiger partial charge on any atom is -0.396 e. The molecule has 0 rings (SSSR count). The first-order valence-electron chi connectivity index (χ1n) is 5.22. The molecular formula is C9H21NO4S. The Morgan fingerprint density at radius 1 is 1.27 bits per heavy atom. The standard InChI is InChI=1S/C9H21NO4S/c1-9(4-7-11)3-6-10-5-2-8-15(12,13)14/h9-11H,2-8H2,1H3,(H,12,13,14). The zero-order valence-corrected chi connectivity index (χ0v) is 9.96. The molecular weight excluding hydrogens is 218 g/mol. The van der Waals surface area contributed by atoms with E-state index in [1.807, 2.05) is 0 Å². The van der Waals surface area contributed by atoms with Crippen LogP contribution in [0.3, 0.4) is 0 Å². The first-order valence-corrected chi connectivity index (χ1v) is 6.83. The van der Waals surface area contributed by atoms with Gasteiger partial charge in [-0.15, -0.1) is 0 Å². The molecule has 15 heavy (non-hydrogen) atoms. The summed E-state index contributed by atoms with van der Waals surface area (Å²) in [5.41, 5.74) is 0. The van der Waals surface area contributed by atoms with Crippen LogP contribution in [0.5, 0.6) is 0 Å². The summed E-state index contributed by atoms with van der Waals surface area (Å²) in [6.45, 7) is 3.68. The summed E-state index contributed by atoms with van der Waals surface area (Å²) in [5.74, 6) is 0.288. The third-order valence-corrected chi connectivity index (χ3v) is 3.00. The van der Waals surface area contributed by atoms with Crippen LogP contribution in [0.25, 0.3) is 0 Å². The van der Waals surface area contributed by atoms with E-state index in [0.717, 1.165) is 19.4 Å². The third-order valence-electron chi connectivity index (χ3n) is 2.19. The van der Waals surface area contributed by atoms with Crippen molar-refractivity contribution in [1.82, 2.24) is 5.32 Å². The lowest BCUT2D eigenvalue weighted by molar-refractivity contribution is 0.258. The van der Waals surface area contributed by atoms with Crippen molar-refractivity contribution in [3.05, 3.63) is 0 Å². The fourth-order valence-electron chi connectivity index (χ4n) is 1.22. The van der Waals surface area contributed by atoms with E-state index in [2.05, 4.69) is 12.2 Å². The van der Waals surface area contributed by atoms with Gasteiger partial charge in [0.1, 0.15) is 0 Å². The molecule has 0 aliphatic rings. The average Bonchev–Trinajstić information content (AvgIpc) is 2.09. The second-order valence-corrected chi connectivity index (χ2v) is 5.37. The Balaban J connectivity index is 3.25. The lowest BCUT2D eigenvalue weighted by Crippen LogP contribution is -2.21. The van der Waals surface area contributed by atoms with Crippen LogP contribution in [0.4, 0.5) is 0 Å². The number of aliphatic hydroxyl groups excluding tert-OH is 1. The fourth-order valence-corrected chi connectivity index (χ4v) is 1.73. The van der Waals surface area contributed by atoms with Gasteiger partial charge in [-0.3, -0.25) is 4.55 Å². The normalized spacial score (nSPS) is 14.1. The largest absolute Gasteiger partial charge is 0.396 e. The minimum absolute atomic E-state index is 0.188. The van der Waals surface area contributed by atoms with Crippen LogP contribution in [0.15, 0.2) is 0 Å². The van der Waals surface area contributed by atoms with E-state index in [1.54, 1.807) is 0 Å². The van der Waals surface area contributed by atoms with E-state index < -0.39 is 10.1 Å². The molecule has 0 radical (unpaired) electrons. The first-order chi connectivity index (χ1) is 6.95. The predicted molar refractivity (Wildman–Crippen MR) is 59.4 cm³/mol. The predicted octanol–water partition coefficient (Wildman–Crippen LogP) is 0.263. The van der Waals surface area contributed by atoms with E-state index in [1.165, 1.54) is 0 Å². The van der Waals surface area contributed by atoms with Crippen LogP contribution in [-0.2, 0) is 10.1 Å². The Labute approximate surface area is 91.6 Å². The number of rotatable bonds is 9. The number of aliphatic hydroxyl groups is 1. The summed E-state index contributed by atoms with van der Waals surface area (Å²) in [5, 5.41) is 11.7. The molecule has 0 saturated carbocycles. The lowest BCUT2D eigenvalue weighted by atomic mass is 10.1.